The second-order valence-corrected chi connectivity index (χ2v) is 7.61. The highest BCUT2D eigenvalue weighted by molar-refractivity contribution is 5.95. The van der Waals surface area contributed by atoms with Gasteiger partial charge in [-0.25, -0.2) is 0 Å². The van der Waals surface area contributed by atoms with E-state index in [2.05, 4.69) is 0 Å². The summed E-state index contributed by atoms with van der Waals surface area (Å²) in [6.45, 7) is 8.95. The molecule has 0 bridgehead atoms. The number of hydrogen-bond acceptors (Lipinski definition) is 3. The molecule has 0 aliphatic carbocycles. The summed E-state index contributed by atoms with van der Waals surface area (Å²) in [6.07, 6.45) is 1.96. The lowest BCUT2D eigenvalue weighted by molar-refractivity contribution is -0.140. The fourth-order valence-electron chi connectivity index (χ4n) is 3.26. The molecule has 130 valence electrons. The SMILES string of the molecule is CC(C)(C)C(=O)N1CCN(C(=O)c2ccc3c(c2)CCCO3)CC1. The van der Waals surface area contributed by atoms with E-state index in [1.807, 2.05) is 48.8 Å². The van der Waals surface area contributed by atoms with Crippen LogP contribution >= 0.6 is 0 Å². The second kappa shape index (κ2) is 6.46. The van der Waals surface area contributed by atoms with Gasteiger partial charge in [-0.15, -0.1) is 0 Å². The fourth-order valence-corrected chi connectivity index (χ4v) is 3.26. The molecule has 0 atom stereocenters. The van der Waals surface area contributed by atoms with E-state index in [1.165, 1.54) is 0 Å². The van der Waals surface area contributed by atoms with Gasteiger partial charge in [-0.05, 0) is 36.6 Å². The molecule has 2 heterocycles. The lowest BCUT2D eigenvalue weighted by atomic mass is 9.94. The van der Waals surface area contributed by atoms with Crippen LogP contribution in [0.5, 0.6) is 5.75 Å². The van der Waals surface area contributed by atoms with Crippen LogP contribution in [0.4, 0.5) is 0 Å². The molecule has 1 aromatic rings. The largest absolute Gasteiger partial charge is 0.493 e. The molecule has 0 unspecified atom stereocenters. The van der Waals surface area contributed by atoms with E-state index in [-0.39, 0.29) is 17.2 Å². The number of piperazine rings is 1. The Morgan fingerprint density at radius 3 is 2.38 bits per heavy atom. The van der Waals surface area contributed by atoms with Crippen molar-refractivity contribution in [2.45, 2.75) is 33.6 Å². The lowest BCUT2D eigenvalue weighted by Crippen LogP contribution is -2.53. The van der Waals surface area contributed by atoms with Crippen molar-refractivity contribution < 1.29 is 14.3 Å². The van der Waals surface area contributed by atoms with E-state index in [1.54, 1.807) is 0 Å². The number of nitrogens with zero attached hydrogens (tertiary/aromatic N) is 2. The average Bonchev–Trinajstić information content (AvgIpc) is 2.59. The summed E-state index contributed by atoms with van der Waals surface area (Å²) >= 11 is 0. The van der Waals surface area contributed by atoms with Crippen LogP contribution in [0.3, 0.4) is 0 Å². The van der Waals surface area contributed by atoms with E-state index >= 15 is 0 Å². The molecule has 1 saturated heterocycles. The quantitative estimate of drug-likeness (QED) is 0.794. The Bertz CT molecular complexity index is 641. The van der Waals surface area contributed by atoms with Crippen molar-refractivity contribution in [2.75, 3.05) is 32.8 Å². The minimum absolute atomic E-state index is 0.0474. The van der Waals surface area contributed by atoms with Gasteiger partial charge in [0.15, 0.2) is 0 Å². The van der Waals surface area contributed by atoms with Crippen molar-refractivity contribution in [3.8, 4) is 5.75 Å². The Hall–Kier alpha value is -2.04. The van der Waals surface area contributed by atoms with E-state index in [4.69, 9.17) is 4.74 Å². The highest BCUT2D eigenvalue weighted by atomic mass is 16.5. The average molecular weight is 330 g/mol. The van der Waals surface area contributed by atoms with E-state index in [9.17, 15) is 9.59 Å². The van der Waals surface area contributed by atoms with Crippen LogP contribution in [0.15, 0.2) is 18.2 Å². The molecule has 0 aromatic heterocycles. The van der Waals surface area contributed by atoms with Crippen molar-refractivity contribution in [1.29, 1.82) is 0 Å². The Morgan fingerprint density at radius 1 is 1.04 bits per heavy atom. The maximum atomic E-state index is 12.7. The summed E-state index contributed by atoms with van der Waals surface area (Å²) in [5.74, 6) is 1.10. The lowest BCUT2D eigenvalue weighted by Gasteiger charge is -2.37. The maximum Gasteiger partial charge on any atom is 0.253 e. The minimum Gasteiger partial charge on any atom is -0.493 e. The van der Waals surface area contributed by atoms with Crippen molar-refractivity contribution in [3.05, 3.63) is 29.3 Å². The first kappa shape index (κ1) is 16.8. The molecule has 2 amide bonds. The Balaban J connectivity index is 1.64. The van der Waals surface area contributed by atoms with Gasteiger partial charge in [0.1, 0.15) is 5.75 Å². The highest BCUT2D eigenvalue weighted by Crippen LogP contribution is 2.26. The molecule has 2 aliphatic heterocycles. The Kier molecular flexibility index (Phi) is 4.52. The van der Waals surface area contributed by atoms with Crippen molar-refractivity contribution in [2.24, 2.45) is 5.41 Å². The van der Waals surface area contributed by atoms with Crippen LogP contribution in [-0.4, -0.2) is 54.4 Å². The standard InChI is InChI=1S/C19H26N2O3/c1-19(2,3)18(23)21-10-8-20(9-11-21)17(22)15-6-7-16-14(13-15)5-4-12-24-16/h6-7,13H,4-5,8-12H2,1-3H3. The van der Waals surface area contributed by atoms with Crippen LogP contribution < -0.4 is 4.74 Å². The predicted octanol–water partition coefficient (Wildman–Crippen LogP) is 2.34. The number of benzene rings is 1. The first-order valence-electron chi connectivity index (χ1n) is 8.70. The maximum absolute atomic E-state index is 12.7. The van der Waals surface area contributed by atoms with E-state index < -0.39 is 0 Å². The summed E-state index contributed by atoms with van der Waals surface area (Å²) in [4.78, 5) is 28.8. The summed E-state index contributed by atoms with van der Waals surface area (Å²) in [5.41, 5.74) is 1.47. The van der Waals surface area contributed by atoms with Crippen molar-refractivity contribution >= 4 is 11.8 Å². The molecule has 2 aliphatic rings. The van der Waals surface area contributed by atoms with Gasteiger partial charge >= 0.3 is 0 Å². The summed E-state index contributed by atoms with van der Waals surface area (Å²) in [5, 5.41) is 0. The molecule has 24 heavy (non-hydrogen) atoms. The first-order valence-corrected chi connectivity index (χ1v) is 8.70. The molecule has 0 N–H and O–H groups in total. The molecule has 1 fully saturated rings. The highest BCUT2D eigenvalue weighted by Gasteiger charge is 2.31. The van der Waals surface area contributed by atoms with Crippen LogP contribution in [0, 0.1) is 5.41 Å². The van der Waals surface area contributed by atoms with Gasteiger partial charge < -0.3 is 14.5 Å². The summed E-state index contributed by atoms with van der Waals surface area (Å²) < 4.78 is 5.61. The normalized spacial score (nSPS) is 18.0. The van der Waals surface area contributed by atoms with Crippen LogP contribution in [-0.2, 0) is 11.2 Å². The van der Waals surface area contributed by atoms with Crippen molar-refractivity contribution in [1.82, 2.24) is 9.80 Å². The molecular weight excluding hydrogens is 304 g/mol. The molecular formula is C19H26N2O3. The zero-order chi connectivity index (χ0) is 17.3. The molecule has 0 radical (unpaired) electrons. The fraction of sp³-hybridized carbons (Fsp3) is 0.579. The van der Waals surface area contributed by atoms with Gasteiger partial charge in [0.2, 0.25) is 5.91 Å². The van der Waals surface area contributed by atoms with Crippen LogP contribution in [0.2, 0.25) is 0 Å². The van der Waals surface area contributed by atoms with Crippen LogP contribution in [0.1, 0.15) is 43.1 Å². The summed E-state index contributed by atoms with van der Waals surface area (Å²) in [6, 6.07) is 5.71. The zero-order valence-electron chi connectivity index (χ0n) is 14.8. The van der Waals surface area contributed by atoms with Gasteiger partial charge in [-0.2, -0.15) is 0 Å². The van der Waals surface area contributed by atoms with Gasteiger partial charge in [-0.1, -0.05) is 20.8 Å². The zero-order valence-corrected chi connectivity index (χ0v) is 14.8. The topological polar surface area (TPSA) is 49.9 Å². The third kappa shape index (κ3) is 3.40. The third-order valence-corrected chi connectivity index (χ3v) is 4.65. The van der Waals surface area contributed by atoms with E-state index in [0.717, 1.165) is 36.3 Å². The number of rotatable bonds is 1. The number of amides is 2. The number of fused-ring (bicyclic) bond motifs is 1. The first-order chi connectivity index (χ1) is 11.4. The summed E-state index contributed by atoms with van der Waals surface area (Å²) in [7, 11) is 0. The molecule has 3 rings (SSSR count). The number of carbonyl (C=O) groups is 2. The number of ether oxygens (including phenoxy) is 1. The minimum atomic E-state index is -0.370. The second-order valence-electron chi connectivity index (χ2n) is 7.61. The Labute approximate surface area is 143 Å². The van der Waals surface area contributed by atoms with Gasteiger partial charge in [-0.3, -0.25) is 9.59 Å². The molecule has 0 saturated carbocycles. The van der Waals surface area contributed by atoms with Crippen LogP contribution in [0.25, 0.3) is 0 Å². The van der Waals surface area contributed by atoms with Gasteiger partial charge in [0.25, 0.3) is 5.91 Å². The number of aryl methyl sites for hydroxylation is 1. The van der Waals surface area contributed by atoms with E-state index in [0.29, 0.717) is 26.2 Å². The third-order valence-electron chi connectivity index (χ3n) is 4.65. The monoisotopic (exact) mass is 330 g/mol. The Morgan fingerprint density at radius 2 is 1.71 bits per heavy atom. The van der Waals surface area contributed by atoms with Crippen molar-refractivity contribution in [3.63, 3.8) is 0 Å². The number of hydrogen-bond donors (Lipinski definition) is 0. The van der Waals surface area contributed by atoms with Gasteiger partial charge in [0.05, 0.1) is 6.61 Å². The molecule has 1 aromatic carbocycles. The molecule has 0 spiro atoms. The molecule has 5 nitrogen and oxygen atoms in total. The molecule has 5 heteroatoms. The predicted molar refractivity (Wildman–Crippen MR) is 92.2 cm³/mol. The van der Waals surface area contributed by atoms with Gasteiger partial charge in [0, 0.05) is 37.2 Å². The smallest absolute Gasteiger partial charge is 0.253 e. The number of carbonyl (C=O) groups excluding carboxylic acids is 2.